The van der Waals surface area contributed by atoms with Crippen LogP contribution in [0.2, 0.25) is 0 Å². The standard InChI is InChI=1S/C9H13F2NO/c1-4-9(10,11)7(3)6-8(13)12-5-2/h4,6H,1,5H2,2-3H3,(H,12,13)/b7-6+. The Labute approximate surface area is 76.3 Å². The average molecular weight is 189 g/mol. The van der Waals surface area contributed by atoms with Crippen LogP contribution in [-0.4, -0.2) is 18.4 Å². The summed E-state index contributed by atoms with van der Waals surface area (Å²) in [6.45, 7) is 6.31. The van der Waals surface area contributed by atoms with E-state index >= 15 is 0 Å². The second-order valence-electron chi connectivity index (χ2n) is 2.55. The maximum Gasteiger partial charge on any atom is 0.287 e. The first kappa shape index (κ1) is 11.8. The summed E-state index contributed by atoms with van der Waals surface area (Å²) in [4.78, 5) is 10.9. The molecule has 0 spiro atoms. The normalized spacial score (nSPS) is 12.5. The Morgan fingerprint density at radius 2 is 2.15 bits per heavy atom. The molecule has 0 rings (SSSR count). The van der Waals surface area contributed by atoms with Crippen molar-refractivity contribution in [1.82, 2.24) is 5.32 Å². The first-order chi connectivity index (χ1) is 5.94. The lowest BCUT2D eigenvalue weighted by Crippen LogP contribution is -2.23. The van der Waals surface area contributed by atoms with Crippen molar-refractivity contribution >= 4 is 5.91 Å². The number of halogens is 2. The quantitative estimate of drug-likeness (QED) is 0.531. The fourth-order valence-electron chi connectivity index (χ4n) is 0.679. The minimum Gasteiger partial charge on any atom is -0.353 e. The molecule has 1 N–H and O–H groups in total. The van der Waals surface area contributed by atoms with Crippen LogP contribution in [-0.2, 0) is 4.79 Å². The van der Waals surface area contributed by atoms with E-state index in [0.29, 0.717) is 12.6 Å². The minimum absolute atomic E-state index is 0.312. The highest BCUT2D eigenvalue weighted by Gasteiger charge is 2.26. The van der Waals surface area contributed by atoms with Crippen LogP contribution in [0.5, 0.6) is 0 Å². The van der Waals surface area contributed by atoms with Crippen molar-refractivity contribution in [3.63, 3.8) is 0 Å². The lowest BCUT2D eigenvalue weighted by atomic mass is 10.1. The Hall–Kier alpha value is -1.19. The molecule has 0 aliphatic rings. The monoisotopic (exact) mass is 189 g/mol. The summed E-state index contributed by atoms with van der Waals surface area (Å²) in [7, 11) is 0. The van der Waals surface area contributed by atoms with E-state index in [-0.39, 0.29) is 5.57 Å². The minimum atomic E-state index is -3.11. The smallest absolute Gasteiger partial charge is 0.287 e. The van der Waals surface area contributed by atoms with Crippen molar-refractivity contribution in [3.05, 3.63) is 24.3 Å². The molecule has 0 heterocycles. The first-order valence-electron chi connectivity index (χ1n) is 3.92. The number of hydrogen-bond donors (Lipinski definition) is 1. The van der Waals surface area contributed by atoms with Crippen molar-refractivity contribution in [1.29, 1.82) is 0 Å². The van der Waals surface area contributed by atoms with Gasteiger partial charge in [-0.25, -0.2) is 0 Å². The number of amides is 1. The van der Waals surface area contributed by atoms with Gasteiger partial charge in [-0.3, -0.25) is 4.79 Å². The molecule has 0 atom stereocenters. The van der Waals surface area contributed by atoms with Crippen molar-refractivity contribution < 1.29 is 13.6 Å². The van der Waals surface area contributed by atoms with E-state index < -0.39 is 11.8 Å². The van der Waals surface area contributed by atoms with Gasteiger partial charge in [0.1, 0.15) is 0 Å². The number of allylic oxidation sites excluding steroid dienone is 2. The van der Waals surface area contributed by atoms with Crippen molar-refractivity contribution in [2.75, 3.05) is 6.54 Å². The molecule has 1 amide bonds. The number of carbonyl (C=O) groups is 1. The van der Waals surface area contributed by atoms with Crippen LogP contribution in [0, 0.1) is 0 Å². The summed E-state index contributed by atoms with van der Waals surface area (Å²) in [5.74, 6) is -3.62. The van der Waals surface area contributed by atoms with Gasteiger partial charge in [0, 0.05) is 18.2 Å². The maximum atomic E-state index is 12.8. The third-order valence-corrected chi connectivity index (χ3v) is 1.48. The highest BCUT2D eigenvalue weighted by Crippen LogP contribution is 2.24. The Bertz CT molecular complexity index is 234. The van der Waals surface area contributed by atoms with E-state index in [1.807, 2.05) is 0 Å². The van der Waals surface area contributed by atoms with E-state index in [9.17, 15) is 13.6 Å². The Morgan fingerprint density at radius 3 is 2.54 bits per heavy atom. The molecule has 0 aromatic carbocycles. The Balaban J connectivity index is 4.48. The van der Waals surface area contributed by atoms with Crippen LogP contribution in [0.1, 0.15) is 13.8 Å². The summed E-state index contributed by atoms with van der Waals surface area (Å²) in [5, 5.41) is 2.39. The van der Waals surface area contributed by atoms with E-state index in [1.165, 1.54) is 6.92 Å². The van der Waals surface area contributed by atoms with Crippen LogP contribution in [0.25, 0.3) is 0 Å². The van der Waals surface area contributed by atoms with Crippen molar-refractivity contribution in [2.24, 2.45) is 0 Å². The molecule has 0 fully saturated rings. The topological polar surface area (TPSA) is 29.1 Å². The van der Waals surface area contributed by atoms with Gasteiger partial charge in [-0.15, -0.1) is 0 Å². The van der Waals surface area contributed by atoms with Gasteiger partial charge in [0.15, 0.2) is 0 Å². The zero-order valence-corrected chi connectivity index (χ0v) is 7.73. The Morgan fingerprint density at radius 1 is 1.62 bits per heavy atom. The number of rotatable bonds is 4. The number of hydrogen-bond acceptors (Lipinski definition) is 1. The van der Waals surface area contributed by atoms with Gasteiger partial charge in [-0.2, -0.15) is 8.78 Å². The molecule has 0 radical (unpaired) electrons. The van der Waals surface area contributed by atoms with Gasteiger partial charge in [-0.05, 0) is 19.9 Å². The number of alkyl halides is 2. The molecule has 0 aromatic heterocycles. The number of carbonyl (C=O) groups excluding carboxylic acids is 1. The Kier molecular flexibility index (Phi) is 4.31. The third-order valence-electron chi connectivity index (χ3n) is 1.48. The zero-order valence-electron chi connectivity index (χ0n) is 7.73. The lowest BCUT2D eigenvalue weighted by molar-refractivity contribution is -0.116. The SMILES string of the molecule is C=CC(F)(F)/C(C)=C/C(=O)NCC. The molecule has 0 aliphatic carbocycles. The van der Waals surface area contributed by atoms with Gasteiger partial charge in [0.25, 0.3) is 5.92 Å². The van der Waals surface area contributed by atoms with Gasteiger partial charge < -0.3 is 5.32 Å². The molecule has 2 nitrogen and oxygen atoms in total. The van der Waals surface area contributed by atoms with Gasteiger partial charge in [-0.1, -0.05) is 6.58 Å². The molecule has 0 saturated carbocycles. The third kappa shape index (κ3) is 3.83. The zero-order chi connectivity index (χ0) is 10.5. The molecule has 74 valence electrons. The first-order valence-corrected chi connectivity index (χ1v) is 3.92. The number of likely N-dealkylation sites (N-methyl/N-ethyl adjacent to an activating group) is 1. The summed E-state index contributed by atoms with van der Waals surface area (Å²) >= 11 is 0. The predicted molar refractivity (Wildman–Crippen MR) is 47.6 cm³/mol. The van der Waals surface area contributed by atoms with Gasteiger partial charge >= 0.3 is 0 Å². The second kappa shape index (κ2) is 4.74. The molecule has 0 aromatic rings. The van der Waals surface area contributed by atoms with Crippen LogP contribution in [0.4, 0.5) is 8.78 Å². The summed E-state index contributed by atoms with van der Waals surface area (Å²) in [5.41, 5.74) is -0.312. The van der Waals surface area contributed by atoms with E-state index in [0.717, 1.165) is 6.08 Å². The maximum absolute atomic E-state index is 12.8. The molecular weight excluding hydrogens is 176 g/mol. The summed E-state index contributed by atoms with van der Waals surface area (Å²) in [6.07, 6.45) is 1.39. The highest BCUT2D eigenvalue weighted by atomic mass is 19.3. The lowest BCUT2D eigenvalue weighted by Gasteiger charge is -2.11. The van der Waals surface area contributed by atoms with Crippen LogP contribution in [0.15, 0.2) is 24.3 Å². The van der Waals surface area contributed by atoms with Crippen molar-refractivity contribution in [3.8, 4) is 0 Å². The van der Waals surface area contributed by atoms with E-state index in [1.54, 1.807) is 6.92 Å². The van der Waals surface area contributed by atoms with Crippen LogP contribution < -0.4 is 5.32 Å². The average Bonchev–Trinajstić information content (AvgIpc) is 2.04. The van der Waals surface area contributed by atoms with Gasteiger partial charge in [0.05, 0.1) is 0 Å². The van der Waals surface area contributed by atoms with Crippen LogP contribution in [0.3, 0.4) is 0 Å². The molecule has 0 unspecified atom stereocenters. The van der Waals surface area contributed by atoms with Crippen molar-refractivity contribution in [2.45, 2.75) is 19.8 Å². The molecule has 0 bridgehead atoms. The highest BCUT2D eigenvalue weighted by molar-refractivity contribution is 5.88. The summed E-state index contributed by atoms with van der Waals surface area (Å²) in [6, 6.07) is 0. The molecular formula is C9H13F2NO. The second-order valence-corrected chi connectivity index (χ2v) is 2.55. The fourth-order valence-corrected chi connectivity index (χ4v) is 0.679. The fraction of sp³-hybridized carbons (Fsp3) is 0.444. The number of nitrogens with one attached hydrogen (secondary N) is 1. The molecule has 4 heteroatoms. The van der Waals surface area contributed by atoms with E-state index in [2.05, 4.69) is 11.9 Å². The predicted octanol–water partition coefficient (Wildman–Crippen LogP) is 1.89. The van der Waals surface area contributed by atoms with E-state index in [4.69, 9.17) is 0 Å². The molecule has 13 heavy (non-hydrogen) atoms. The van der Waals surface area contributed by atoms with Crippen LogP contribution >= 0.6 is 0 Å². The summed E-state index contributed by atoms with van der Waals surface area (Å²) < 4.78 is 25.6. The largest absolute Gasteiger partial charge is 0.353 e. The molecule has 0 saturated heterocycles. The van der Waals surface area contributed by atoms with Gasteiger partial charge in [0.2, 0.25) is 5.91 Å². The molecule has 0 aliphatic heterocycles.